The van der Waals surface area contributed by atoms with E-state index in [4.69, 9.17) is 0 Å². The van der Waals surface area contributed by atoms with Crippen molar-refractivity contribution >= 4 is 5.91 Å². The lowest BCUT2D eigenvalue weighted by Gasteiger charge is -2.24. The minimum absolute atomic E-state index is 0.0568. The molecular formula is C16H20N4O3. The van der Waals surface area contributed by atoms with E-state index in [0.29, 0.717) is 6.42 Å². The molecule has 1 N–H and O–H groups in total. The minimum atomic E-state index is -0.675. The Balaban J connectivity index is 2.20. The van der Waals surface area contributed by atoms with Crippen molar-refractivity contribution in [1.82, 2.24) is 19.4 Å². The summed E-state index contributed by atoms with van der Waals surface area (Å²) in [5.41, 5.74) is 0.702. The molecule has 0 aliphatic rings. The van der Waals surface area contributed by atoms with Crippen LogP contribution in [0.15, 0.2) is 34.1 Å². The number of carbonyl (C=O) groups is 1. The van der Waals surface area contributed by atoms with Gasteiger partial charge in [0, 0.05) is 44.6 Å². The van der Waals surface area contributed by atoms with Crippen LogP contribution < -0.4 is 11.2 Å². The largest absolute Gasteiger partial charge is 0.338 e. The second-order valence-corrected chi connectivity index (χ2v) is 5.71. The summed E-state index contributed by atoms with van der Waals surface area (Å²) in [6.07, 6.45) is 3.57. The molecule has 0 saturated heterocycles. The number of aromatic amines is 1. The van der Waals surface area contributed by atoms with Gasteiger partial charge in [0.05, 0.1) is 0 Å². The van der Waals surface area contributed by atoms with Crippen molar-refractivity contribution < 1.29 is 4.79 Å². The quantitative estimate of drug-likeness (QED) is 0.888. The summed E-state index contributed by atoms with van der Waals surface area (Å²) in [4.78, 5) is 43.6. The number of hydrogen-bond donors (Lipinski definition) is 1. The number of rotatable bonds is 4. The molecule has 0 fully saturated rings. The van der Waals surface area contributed by atoms with Gasteiger partial charge in [-0.3, -0.25) is 19.6 Å². The summed E-state index contributed by atoms with van der Waals surface area (Å²) in [6, 6.07) is 3.73. The molecule has 0 bridgehead atoms. The number of carbonyl (C=O) groups excluding carboxylic acids is 1. The van der Waals surface area contributed by atoms with Crippen LogP contribution in [0.1, 0.15) is 28.5 Å². The van der Waals surface area contributed by atoms with Gasteiger partial charge in [0.25, 0.3) is 11.5 Å². The predicted octanol–water partition coefficient (Wildman–Crippen LogP) is 0.480. The highest BCUT2D eigenvalue weighted by Crippen LogP contribution is 2.09. The lowest BCUT2D eigenvalue weighted by Crippen LogP contribution is -2.41. The second kappa shape index (κ2) is 6.60. The fourth-order valence-corrected chi connectivity index (χ4v) is 2.26. The second-order valence-electron chi connectivity index (χ2n) is 5.71. The van der Waals surface area contributed by atoms with Crippen LogP contribution >= 0.6 is 0 Å². The fourth-order valence-electron chi connectivity index (χ4n) is 2.26. The third-order valence-corrected chi connectivity index (χ3v) is 3.80. The number of aryl methyl sites for hydroxylation is 2. The molecule has 23 heavy (non-hydrogen) atoms. The molecule has 0 saturated carbocycles. The molecule has 0 spiro atoms. The van der Waals surface area contributed by atoms with Gasteiger partial charge in [0.15, 0.2) is 0 Å². The summed E-state index contributed by atoms with van der Waals surface area (Å²) >= 11 is 0. The van der Waals surface area contributed by atoms with E-state index in [0.717, 1.165) is 11.3 Å². The number of nitrogens with zero attached hydrogens (tertiary/aromatic N) is 3. The van der Waals surface area contributed by atoms with Crippen molar-refractivity contribution in [2.75, 3.05) is 7.05 Å². The molecular weight excluding hydrogens is 296 g/mol. The Morgan fingerprint density at radius 3 is 2.78 bits per heavy atom. The lowest BCUT2D eigenvalue weighted by molar-refractivity contribution is 0.0740. The summed E-state index contributed by atoms with van der Waals surface area (Å²) in [7, 11) is 3.11. The third kappa shape index (κ3) is 3.74. The van der Waals surface area contributed by atoms with Gasteiger partial charge in [-0.2, -0.15) is 0 Å². The van der Waals surface area contributed by atoms with Crippen molar-refractivity contribution in [3.8, 4) is 0 Å². The van der Waals surface area contributed by atoms with Crippen LogP contribution in [0, 0.1) is 6.92 Å². The topological polar surface area (TPSA) is 88.1 Å². The molecule has 0 radical (unpaired) electrons. The first-order valence-electron chi connectivity index (χ1n) is 7.28. The zero-order chi connectivity index (χ0) is 17.1. The van der Waals surface area contributed by atoms with Crippen molar-refractivity contribution in [3.05, 3.63) is 62.2 Å². The van der Waals surface area contributed by atoms with E-state index < -0.39 is 17.2 Å². The maximum atomic E-state index is 12.5. The maximum absolute atomic E-state index is 12.5. The van der Waals surface area contributed by atoms with E-state index in [-0.39, 0.29) is 11.6 Å². The highest BCUT2D eigenvalue weighted by atomic mass is 16.2. The Bertz CT molecular complexity index is 838. The van der Waals surface area contributed by atoms with E-state index in [1.165, 1.54) is 22.7 Å². The van der Waals surface area contributed by atoms with Crippen LogP contribution in [0.4, 0.5) is 0 Å². The molecule has 1 atom stereocenters. The van der Waals surface area contributed by atoms with Crippen LogP contribution in [0.5, 0.6) is 0 Å². The Hall–Kier alpha value is -2.70. The monoisotopic (exact) mass is 316 g/mol. The Kier molecular flexibility index (Phi) is 4.78. The lowest BCUT2D eigenvalue weighted by atomic mass is 10.1. The van der Waals surface area contributed by atoms with Gasteiger partial charge in [-0.25, -0.2) is 4.79 Å². The molecule has 2 aromatic rings. The summed E-state index contributed by atoms with van der Waals surface area (Å²) in [5, 5.41) is 0. The molecule has 0 aliphatic heterocycles. The van der Waals surface area contributed by atoms with E-state index in [1.54, 1.807) is 13.2 Å². The Morgan fingerprint density at radius 1 is 1.43 bits per heavy atom. The highest BCUT2D eigenvalue weighted by molar-refractivity contribution is 5.93. The van der Waals surface area contributed by atoms with Crippen LogP contribution in [0.2, 0.25) is 0 Å². The molecule has 1 amide bonds. The molecule has 2 rings (SSSR count). The maximum Gasteiger partial charge on any atom is 0.328 e. The Morgan fingerprint density at radius 2 is 2.13 bits per heavy atom. The average Bonchev–Trinajstić information content (AvgIpc) is 2.49. The van der Waals surface area contributed by atoms with Gasteiger partial charge >= 0.3 is 5.69 Å². The first-order chi connectivity index (χ1) is 10.8. The number of aromatic nitrogens is 3. The van der Waals surface area contributed by atoms with Crippen LogP contribution in [-0.4, -0.2) is 38.4 Å². The van der Waals surface area contributed by atoms with E-state index in [1.807, 2.05) is 26.0 Å². The standard InChI is InChI=1S/C16H20N4O3/c1-10-5-6-17-12(7-10)8-11(2)20(4)15(22)13-9-19(3)16(23)18-14(13)21/h5-7,9,11H,8H2,1-4H3,(H,18,21,23). The molecule has 2 aromatic heterocycles. The first-order valence-corrected chi connectivity index (χ1v) is 7.28. The van der Waals surface area contributed by atoms with Crippen molar-refractivity contribution in [1.29, 1.82) is 0 Å². The molecule has 0 aromatic carbocycles. The normalized spacial score (nSPS) is 12.0. The number of amides is 1. The van der Waals surface area contributed by atoms with E-state index >= 15 is 0 Å². The fraction of sp³-hybridized carbons (Fsp3) is 0.375. The smallest absolute Gasteiger partial charge is 0.328 e. The molecule has 7 nitrogen and oxygen atoms in total. The van der Waals surface area contributed by atoms with Gasteiger partial charge in [0.1, 0.15) is 5.56 Å². The first kappa shape index (κ1) is 16.7. The Labute approximate surface area is 133 Å². The summed E-state index contributed by atoms with van der Waals surface area (Å²) in [6.45, 7) is 3.87. The van der Waals surface area contributed by atoms with Crippen LogP contribution in [-0.2, 0) is 13.5 Å². The SMILES string of the molecule is Cc1ccnc(CC(C)N(C)C(=O)c2cn(C)c(=O)[nH]c2=O)c1. The molecule has 1 unspecified atom stereocenters. The number of H-pyrrole nitrogens is 1. The van der Waals surface area contributed by atoms with Crippen molar-refractivity contribution in [3.63, 3.8) is 0 Å². The van der Waals surface area contributed by atoms with Gasteiger partial charge in [-0.1, -0.05) is 0 Å². The minimum Gasteiger partial charge on any atom is -0.338 e. The molecule has 7 heteroatoms. The molecule has 2 heterocycles. The average molecular weight is 316 g/mol. The van der Waals surface area contributed by atoms with Crippen LogP contribution in [0.25, 0.3) is 0 Å². The van der Waals surface area contributed by atoms with E-state index in [9.17, 15) is 14.4 Å². The molecule has 122 valence electrons. The highest BCUT2D eigenvalue weighted by Gasteiger charge is 2.21. The number of hydrogen-bond acceptors (Lipinski definition) is 4. The van der Waals surface area contributed by atoms with Crippen LogP contribution in [0.3, 0.4) is 0 Å². The number of pyridine rings is 1. The van der Waals surface area contributed by atoms with E-state index in [2.05, 4.69) is 9.97 Å². The summed E-state index contributed by atoms with van der Waals surface area (Å²) in [5.74, 6) is -0.429. The van der Waals surface area contributed by atoms with Gasteiger partial charge < -0.3 is 9.47 Å². The summed E-state index contributed by atoms with van der Waals surface area (Å²) < 4.78 is 1.18. The van der Waals surface area contributed by atoms with Crippen molar-refractivity contribution in [2.24, 2.45) is 7.05 Å². The van der Waals surface area contributed by atoms with Gasteiger partial charge in [-0.15, -0.1) is 0 Å². The number of likely N-dealkylation sites (N-methyl/N-ethyl adjacent to an activating group) is 1. The zero-order valence-corrected chi connectivity index (χ0v) is 13.7. The van der Waals surface area contributed by atoms with Crippen molar-refractivity contribution in [2.45, 2.75) is 26.3 Å². The zero-order valence-electron chi connectivity index (χ0n) is 13.7. The van der Waals surface area contributed by atoms with Gasteiger partial charge in [0.2, 0.25) is 0 Å². The third-order valence-electron chi connectivity index (χ3n) is 3.80. The number of nitrogens with one attached hydrogen (secondary N) is 1. The predicted molar refractivity (Wildman–Crippen MR) is 86.5 cm³/mol. The van der Waals surface area contributed by atoms with Gasteiger partial charge in [-0.05, 0) is 31.5 Å². The molecule has 0 aliphatic carbocycles.